The first-order chi connectivity index (χ1) is 17.1. The average molecular weight is 503 g/mol. The number of aromatic nitrogens is 1. The number of thioether (sulfide) groups is 1. The summed E-state index contributed by atoms with van der Waals surface area (Å²) in [7, 11) is 0. The number of carbonyl (C=O) groups excluding carboxylic acids is 2. The summed E-state index contributed by atoms with van der Waals surface area (Å²) in [5.41, 5.74) is 4.34. The zero-order chi connectivity index (χ0) is 24.5. The van der Waals surface area contributed by atoms with Crippen molar-refractivity contribution in [1.82, 2.24) is 9.88 Å². The van der Waals surface area contributed by atoms with Crippen molar-refractivity contribution < 1.29 is 14.3 Å². The number of carbonyl (C=O) groups is 2. The van der Waals surface area contributed by atoms with Gasteiger partial charge in [0.15, 0.2) is 6.61 Å². The van der Waals surface area contributed by atoms with Gasteiger partial charge in [0, 0.05) is 29.9 Å². The number of hydrogen-bond donors (Lipinski definition) is 0. The van der Waals surface area contributed by atoms with Gasteiger partial charge in [-0.1, -0.05) is 90.6 Å². The van der Waals surface area contributed by atoms with E-state index in [1.54, 1.807) is 40.1 Å². The second-order valence-electron chi connectivity index (χ2n) is 8.00. The number of amides is 1. The Kier molecular flexibility index (Phi) is 8.70. The average Bonchev–Trinajstić information content (AvgIpc) is 3.32. The lowest BCUT2D eigenvalue weighted by Crippen LogP contribution is -2.34. The number of benzene rings is 3. The van der Waals surface area contributed by atoms with Gasteiger partial charge < -0.3 is 9.64 Å². The van der Waals surface area contributed by atoms with Crippen LogP contribution in [0.2, 0.25) is 0 Å². The molecule has 3 aromatic carbocycles. The Morgan fingerprint density at radius 1 is 0.886 bits per heavy atom. The molecule has 0 radical (unpaired) electrons. The lowest BCUT2D eigenvalue weighted by Gasteiger charge is -2.23. The van der Waals surface area contributed by atoms with E-state index in [2.05, 4.69) is 4.98 Å². The Hall–Kier alpha value is -3.42. The monoisotopic (exact) mass is 502 g/mol. The van der Waals surface area contributed by atoms with Gasteiger partial charge >= 0.3 is 5.97 Å². The SMILES string of the molecule is Cc1csc(SCc2ccccc2C(=O)OCC(=O)N(Cc2ccccc2)Cc2ccccc2)n1. The number of esters is 1. The van der Waals surface area contributed by atoms with Crippen molar-refractivity contribution in [2.75, 3.05) is 6.61 Å². The van der Waals surface area contributed by atoms with Gasteiger partial charge in [0.2, 0.25) is 0 Å². The molecule has 0 atom stereocenters. The Bertz CT molecular complexity index is 1220. The Morgan fingerprint density at radius 3 is 2.09 bits per heavy atom. The van der Waals surface area contributed by atoms with E-state index in [4.69, 9.17) is 4.74 Å². The van der Waals surface area contributed by atoms with Crippen molar-refractivity contribution in [3.8, 4) is 0 Å². The molecule has 0 unspecified atom stereocenters. The molecule has 0 aliphatic rings. The van der Waals surface area contributed by atoms with E-state index in [0.717, 1.165) is 26.7 Å². The van der Waals surface area contributed by atoms with Crippen LogP contribution in [0, 0.1) is 6.92 Å². The summed E-state index contributed by atoms with van der Waals surface area (Å²) in [4.78, 5) is 32.2. The van der Waals surface area contributed by atoms with Crippen LogP contribution in [0.4, 0.5) is 0 Å². The minimum absolute atomic E-state index is 0.240. The van der Waals surface area contributed by atoms with Crippen LogP contribution in [0.25, 0.3) is 0 Å². The van der Waals surface area contributed by atoms with E-state index in [-0.39, 0.29) is 12.5 Å². The van der Waals surface area contributed by atoms with Crippen LogP contribution in [0.3, 0.4) is 0 Å². The molecular formula is C28H26N2O3S2. The van der Waals surface area contributed by atoms with E-state index in [9.17, 15) is 9.59 Å². The van der Waals surface area contributed by atoms with Crippen molar-refractivity contribution in [1.29, 1.82) is 0 Å². The third-order valence-corrected chi connectivity index (χ3v) is 7.49. The number of aryl methyl sites for hydroxylation is 1. The van der Waals surface area contributed by atoms with E-state index in [0.29, 0.717) is 24.4 Å². The molecule has 0 N–H and O–H groups in total. The van der Waals surface area contributed by atoms with Crippen molar-refractivity contribution >= 4 is 35.0 Å². The van der Waals surface area contributed by atoms with Crippen LogP contribution in [0.15, 0.2) is 94.6 Å². The summed E-state index contributed by atoms with van der Waals surface area (Å²) in [6.45, 7) is 2.52. The fourth-order valence-corrected chi connectivity index (χ4v) is 5.37. The second-order valence-corrected chi connectivity index (χ2v) is 10.1. The van der Waals surface area contributed by atoms with E-state index in [1.807, 2.05) is 85.1 Å². The molecule has 0 saturated carbocycles. The summed E-state index contributed by atoms with van der Waals surface area (Å²) in [5, 5.41) is 2.00. The lowest BCUT2D eigenvalue weighted by atomic mass is 10.1. The van der Waals surface area contributed by atoms with Gasteiger partial charge in [0.05, 0.1) is 5.56 Å². The quantitative estimate of drug-likeness (QED) is 0.193. The molecule has 0 saturated heterocycles. The van der Waals surface area contributed by atoms with Crippen molar-refractivity contribution in [2.24, 2.45) is 0 Å². The van der Waals surface area contributed by atoms with Crippen LogP contribution in [0.5, 0.6) is 0 Å². The van der Waals surface area contributed by atoms with Crippen LogP contribution in [-0.2, 0) is 28.4 Å². The first-order valence-electron chi connectivity index (χ1n) is 11.2. The third kappa shape index (κ3) is 7.28. The Labute approximate surface area is 213 Å². The second kappa shape index (κ2) is 12.3. The number of thiazole rings is 1. The van der Waals surface area contributed by atoms with Crippen LogP contribution in [0.1, 0.15) is 32.7 Å². The van der Waals surface area contributed by atoms with Crippen molar-refractivity contribution in [2.45, 2.75) is 30.1 Å². The topological polar surface area (TPSA) is 59.5 Å². The summed E-state index contributed by atoms with van der Waals surface area (Å²) >= 11 is 3.17. The summed E-state index contributed by atoms with van der Waals surface area (Å²) < 4.78 is 6.45. The first-order valence-corrected chi connectivity index (χ1v) is 13.1. The molecule has 1 aromatic heterocycles. The van der Waals surface area contributed by atoms with Crippen LogP contribution >= 0.6 is 23.1 Å². The molecule has 7 heteroatoms. The van der Waals surface area contributed by atoms with Gasteiger partial charge in [-0.25, -0.2) is 9.78 Å². The fraction of sp³-hybridized carbons (Fsp3) is 0.179. The fourth-order valence-electron chi connectivity index (χ4n) is 3.52. The number of nitrogens with zero attached hydrogens (tertiary/aromatic N) is 2. The molecular weight excluding hydrogens is 476 g/mol. The predicted octanol–water partition coefficient (Wildman–Crippen LogP) is 6.13. The highest BCUT2D eigenvalue weighted by Gasteiger charge is 2.19. The molecule has 178 valence electrons. The van der Waals surface area contributed by atoms with Gasteiger partial charge in [-0.15, -0.1) is 11.3 Å². The van der Waals surface area contributed by atoms with Crippen LogP contribution < -0.4 is 0 Å². The Morgan fingerprint density at radius 2 is 1.49 bits per heavy atom. The first kappa shape index (κ1) is 24.7. The van der Waals surface area contributed by atoms with Gasteiger partial charge in [-0.2, -0.15) is 0 Å². The van der Waals surface area contributed by atoms with Gasteiger partial charge in [-0.05, 0) is 29.7 Å². The Balaban J connectivity index is 1.41. The molecule has 35 heavy (non-hydrogen) atoms. The molecule has 0 fully saturated rings. The van der Waals surface area contributed by atoms with Crippen molar-refractivity contribution in [3.05, 3.63) is 118 Å². The maximum atomic E-state index is 13.1. The van der Waals surface area contributed by atoms with Crippen molar-refractivity contribution in [3.63, 3.8) is 0 Å². The molecule has 0 aliphatic heterocycles. The smallest absolute Gasteiger partial charge is 0.338 e. The zero-order valence-corrected chi connectivity index (χ0v) is 21.1. The van der Waals surface area contributed by atoms with Gasteiger partial charge in [0.1, 0.15) is 4.34 Å². The minimum atomic E-state index is -0.496. The molecule has 1 amide bonds. The highest BCUT2D eigenvalue weighted by atomic mass is 32.2. The molecule has 0 bridgehead atoms. The standard InChI is InChI=1S/C28H26N2O3S2/c1-21-19-34-28(29-21)35-20-24-14-8-9-15-25(24)27(32)33-18-26(31)30(16-22-10-4-2-5-11-22)17-23-12-6-3-7-13-23/h2-15,19H,16-18,20H2,1H3. The zero-order valence-electron chi connectivity index (χ0n) is 19.4. The molecule has 1 heterocycles. The van der Waals surface area contributed by atoms with Gasteiger partial charge in [0.25, 0.3) is 5.91 Å². The highest BCUT2D eigenvalue weighted by Crippen LogP contribution is 2.27. The van der Waals surface area contributed by atoms with E-state index in [1.165, 1.54) is 0 Å². The minimum Gasteiger partial charge on any atom is -0.452 e. The van der Waals surface area contributed by atoms with Crippen LogP contribution in [-0.4, -0.2) is 28.4 Å². The maximum absolute atomic E-state index is 13.1. The predicted molar refractivity (Wildman–Crippen MR) is 140 cm³/mol. The third-order valence-electron chi connectivity index (χ3n) is 5.30. The molecule has 0 aliphatic carbocycles. The molecule has 4 aromatic rings. The molecule has 5 nitrogen and oxygen atoms in total. The summed E-state index contributed by atoms with van der Waals surface area (Å²) in [6.07, 6.45) is 0. The van der Waals surface area contributed by atoms with E-state index >= 15 is 0 Å². The number of ether oxygens (including phenoxy) is 1. The molecule has 4 rings (SSSR count). The van der Waals surface area contributed by atoms with Gasteiger partial charge in [-0.3, -0.25) is 4.79 Å². The van der Waals surface area contributed by atoms with E-state index < -0.39 is 5.97 Å². The lowest BCUT2D eigenvalue weighted by molar-refractivity contribution is -0.135. The number of hydrogen-bond acceptors (Lipinski definition) is 6. The summed E-state index contributed by atoms with van der Waals surface area (Å²) in [5.74, 6) is -0.138. The highest BCUT2D eigenvalue weighted by molar-refractivity contribution is 8.00. The largest absolute Gasteiger partial charge is 0.452 e. The molecule has 0 spiro atoms. The maximum Gasteiger partial charge on any atom is 0.338 e. The number of rotatable bonds is 10. The normalized spacial score (nSPS) is 10.7. The summed E-state index contributed by atoms with van der Waals surface area (Å²) in [6, 6.07) is 26.9.